The van der Waals surface area contributed by atoms with Gasteiger partial charge in [0.2, 0.25) is 0 Å². The molecule has 0 bridgehead atoms. The largest absolute Gasteiger partial charge is 0.472 e. The maximum atomic E-state index is 12.0. The van der Waals surface area contributed by atoms with Gasteiger partial charge in [0.15, 0.2) is 5.78 Å². The number of hydrogen-bond donors (Lipinski definition) is 0. The molecule has 0 amide bonds. The molecule has 0 aromatic carbocycles. The molecule has 0 spiro atoms. The Morgan fingerprint density at radius 1 is 1.20 bits per heavy atom. The van der Waals surface area contributed by atoms with Crippen LogP contribution in [0.4, 0.5) is 0 Å². The highest BCUT2D eigenvalue weighted by Gasteiger charge is 2.13. The molecule has 1 aromatic heterocycles. The molecule has 2 rings (SSSR count). The van der Waals surface area contributed by atoms with Gasteiger partial charge in [0.25, 0.3) is 0 Å². The normalized spacial score (nSPS) is 21.2. The summed E-state index contributed by atoms with van der Waals surface area (Å²) < 4.78 is 4.93. The molecule has 2 heteroatoms. The van der Waals surface area contributed by atoms with E-state index >= 15 is 0 Å². The molecule has 2 nitrogen and oxygen atoms in total. The van der Waals surface area contributed by atoms with Gasteiger partial charge in [-0.15, -0.1) is 0 Å². The molecule has 1 aliphatic rings. The van der Waals surface area contributed by atoms with Gasteiger partial charge in [0, 0.05) is 0 Å². The standard InChI is InChI=1S/C13H16O2/c14-13(12-8-9-15-10-12)11-6-4-2-1-3-5-7-11/h6,8-10H,1-5,7H2/b11-6+. The zero-order valence-corrected chi connectivity index (χ0v) is 8.87. The van der Waals surface area contributed by atoms with E-state index in [0.717, 1.165) is 24.8 Å². The number of Topliss-reactive ketones (excluding diaryl/α,β-unsaturated/α-hetero) is 1. The first-order valence-electron chi connectivity index (χ1n) is 5.64. The molecule has 1 aliphatic carbocycles. The fourth-order valence-corrected chi connectivity index (χ4v) is 1.98. The third-order valence-corrected chi connectivity index (χ3v) is 2.87. The van der Waals surface area contributed by atoms with Crippen LogP contribution in [0.1, 0.15) is 48.9 Å². The summed E-state index contributed by atoms with van der Waals surface area (Å²) in [6.07, 6.45) is 12.0. The van der Waals surface area contributed by atoms with E-state index < -0.39 is 0 Å². The van der Waals surface area contributed by atoms with Crippen LogP contribution in [0.15, 0.2) is 34.7 Å². The number of furan rings is 1. The van der Waals surface area contributed by atoms with E-state index in [1.165, 1.54) is 25.5 Å². The Kier molecular flexibility index (Phi) is 3.38. The molecule has 0 N–H and O–H groups in total. The maximum absolute atomic E-state index is 12.0. The smallest absolute Gasteiger partial charge is 0.191 e. The van der Waals surface area contributed by atoms with Crippen molar-refractivity contribution in [2.45, 2.75) is 38.5 Å². The second-order valence-corrected chi connectivity index (χ2v) is 4.02. The van der Waals surface area contributed by atoms with Crippen LogP contribution in [-0.2, 0) is 0 Å². The van der Waals surface area contributed by atoms with E-state index in [-0.39, 0.29) is 5.78 Å². The SMILES string of the molecule is O=C(/C1=C/CCCCCC1)c1ccoc1. The van der Waals surface area contributed by atoms with Gasteiger partial charge in [0.1, 0.15) is 6.26 Å². The van der Waals surface area contributed by atoms with E-state index in [4.69, 9.17) is 4.42 Å². The van der Waals surface area contributed by atoms with Crippen molar-refractivity contribution in [2.75, 3.05) is 0 Å². The number of carbonyl (C=O) groups excluding carboxylic acids is 1. The topological polar surface area (TPSA) is 30.2 Å². The predicted molar refractivity (Wildman–Crippen MR) is 58.8 cm³/mol. The van der Waals surface area contributed by atoms with Crippen molar-refractivity contribution >= 4 is 5.78 Å². The lowest BCUT2D eigenvalue weighted by atomic mass is 9.95. The Morgan fingerprint density at radius 2 is 2.07 bits per heavy atom. The zero-order valence-electron chi connectivity index (χ0n) is 8.87. The van der Waals surface area contributed by atoms with Gasteiger partial charge < -0.3 is 4.42 Å². The lowest BCUT2D eigenvalue weighted by molar-refractivity contribution is 0.102. The first kappa shape index (κ1) is 10.2. The third-order valence-electron chi connectivity index (χ3n) is 2.87. The first-order chi connectivity index (χ1) is 7.38. The quantitative estimate of drug-likeness (QED) is 0.687. The molecular weight excluding hydrogens is 188 g/mol. The number of ketones is 1. The number of hydrogen-bond acceptors (Lipinski definition) is 2. The van der Waals surface area contributed by atoms with Crippen LogP contribution >= 0.6 is 0 Å². The maximum Gasteiger partial charge on any atom is 0.191 e. The third kappa shape index (κ3) is 2.58. The molecule has 15 heavy (non-hydrogen) atoms. The van der Waals surface area contributed by atoms with Crippen LogP contribution < -0.4 is 0 Å². The highest BCUT2D eigenvalue weighted by atomic mass is 16.3. The first-order valence-corrected chi connectivity index (χ1v) is 5.64. The fraction of sp³-hybridized carbons (Fsp3) is 0.462. The summed E-state index contributed by atoms with van der Waals surface area (Å²) in [5.41, 5.74) is 1.65. The lowest BCUT2D eigenvalue weighted by Gasteiger charge is -2.09. The summed E-state index contributed by atoms with van der Waals surface area (Å²) in [5.74, 6) is 0.144. The van der Waals surface area contributed by atoms with Crippen LogP contribution in [0.5, 0.6) is 0 Å². The Hall–Kier alpha value is -1.31. The minimum absolute atomic E-state index is 0.144. The minimum Gasteiger partial charge on any atom is -0.472 e. The Bertz CT molecular complexity index is 347. The van der Waals surface area contributed by atoms with Gasteiger partial charge in [-0.25, -0.2) is 0 Å². The van der Waals surface area contributed by atoms with Crippen molar-refractivity contribution in [3.8, 4) is 0 Å². The van der Waals surface area contributed by atoms with E-state index in [1.54, 1.807) is 12.3 Å². The molecule has 0 saturated carbocycles. The van der Waals surface area contributed by atoms with Crippen molar-refractivity contribution in [1.29, 1.82) is 0 Å². The Balaban J connectivity index is 2.11. The van der Waals surface area contributed by atoms with Gasteiger partial charge in [-0.1, -0.05) is 18.9 Å². The molecule has 0 radical (unpaired) electrons. The predicted octanol–water partition coefficient (Wildman–Crippen LogP) is 3.74. The highest BCUT2D eigenvalue weighted by Crippen LogP contribution is 2.20. The van der Waals surface area contributed by atoms with Crippen LogP contribution in [0, 0.1) is 0 Å². The molecule has 0 aliphatic heterocycles. The number of rotatable bonds is 2. The molecule has 0 unspecified atom stereocenters. The van der Waals surface area contributed by atoms with Crippen molar-refractivity contribution < 1.29 is 9.21 Å². The average Bonchev–Trinajstić information content (AvgIpc) is 2.68. The van der Waals surface area contributed by atoms with Gasteiger partial charge in [0.05, 0.1) is 11.8 Å². The molecular formula is C13H16O2. The Labute approximate surface area is 90.0 Å². The molecule has 1 heterocycles. The van der Waals surface area contributed by atoms with Crippen LogP contribution in [0.2, 0.25) is 0 Å². The van der Waals surface area contributed by atoms with E-state index in [0.29, 0.717) is 5.56 Å². The highest BCUT2D eigenvalue weighted by molar-refractivity contribution is 6.08. The summed E-state index contributed by atoms with van der Waals surface area (Å²) in [4.78, 5) is 12.0. The van der Waals surface area contributed by atoms with Crippen molar-refractivity contribution in [2.24, 2.45) is 0 Å². The number of allylic oxidation sites excluding steroid dienone is 2. The molecule has 1 aromatic rings. The van der Waals surface area contributed by atoms with Gasteiger partial charge in [-0.2, -0.15) is 0 Å². The number of carbonyl (C=O) groups is 1. The average molecular weight is 204 g/mol. The summed E-state index contributed by atoms with van der Waals surface area (Å²) in [7, 11) is 0. The van der Waals surface area contributed by atoms with Crippen LogP contribution in [0.25, 0.3) is 0 Å². The van der Waals surface area contributed by atoms with Gasteiger partial charge >= 0.3 is 0 Å². The van der Waals surface area contributed by atoms with Gasteiger partial charge in [-0.05, 0) is 37.3 Å². The summed E-state index contributed by atoms with van der Waals surface area (Å²) in [6, 6.07) is 1.74. The second-order valence-electron chi connectivity index (χ2n) is 4.02. The van der Waals surface area contributed by atoms with Crippen LogP contribution in [0.3, 0.4) is 0 Å². The van der Waals surface area contributed by atoms with Crippen molar-refractivity contribution in [3.05, 3.63) is 35.8 Å². The summed E-state index contributed by atoms with van der Waals surface area (Å²) >= 11 is 0. The van der Waals surface area contributed by atoms with E-state index in [9.17, 15) is 4.79 Å². The van der Waals surface area contributed by atoms with E-state index in [1.807, 2.05) is 0 Å². The van der Waals surface area contributed by atoms with Crippen LogP contribution in [-0.4, -0.2) is 5.78 Å². The van der Waals surface area contributed by atoms with E-state index in [2.05, 4.69) is 6.08 Å². The molecule has 0 atom stereocenters. The Morgan fingerprint density at radius 3 is 2.87 bits per heavy atom. The zero-order chi connectivity index (χ0) is 10.5. The summed E-state index contributed by atoms with van der Waals surface area (Å²) in [5, 5.41) is 0. The summed E-state index contributed by atoms with van der Waals surface area (Å²) in [6.45, 7) is 0. The lowest BCUT2D eigenvalue weighted by Crippen LogP contribution is -2.03. The fourth-order valence-electron chi connectivity index (χ4n) is 1.98. The minimum atomic E-state index is 0.144. The monoisotopic (exact) mass is 204 g/mol. The molecule has 0 saturated heterocycles. The van der Waals surface area contributed by atoms with Crippen molar-refractivity contribution in [3.63, 3.8) is 0 Å². The second kappa shape index (κ2) is 4.96. The molecule has 0 fully saturated rings. The van der Waals surface area contributed by atoms with Gasteiger partial charge in [-0.3, -0.25) is 4.79 Å². The van der Waals surface area contributed by atoms with Crippen molar-refractivity contribution in [1.82, 2.24) is 0 Å². The molecule has 80 valence electrons.